The Balaban J connectivity index is 1.59. The van der Waals surface area contributed by atoms with Crippen molar-refractivity contribution in [2.75, 3.05) is 18.9 Å². The number of carbonyl (C=O) groups is 1. The second kappa shape index (κ2) is 8.31. The van der Waals surface area contributed by atoms with E-state index in [1.807, 2.05) is 65.7 Å². The molecule has 160 valence electrons. The SMILES string of the molecule is CCc1ccccc1NC(=O)CN(C)Cc1nnc2n(C)c(=O)c3cc(C)ccc3n12. The average molecular weight is 419 g/mol. The highest BCUT2D eigenvalue weighted by Crippen LogP contribution is 2.17. The maximum absolute atomic E-state index is 12.7. The van der Waals surface area contributed by atoms with E-state index in [4.69, 9.17) is 0 Å². The third-order valence-corrected chi connectivity index (χ3v) is 5.44. The standard InChI is InChI=1S/C23H26N6O2/c1-5-16-8-6-7-9-18(16)24-21(30)14-27(3)13-20-25-26-23-28(4)22(31)17-12-15(2)10-11-19(17)29(20)23/h6-12H,5,13-14H2,1-4H3,(H,24,30). The normalized spacial score (nSPS) is 11.5. The maximum Gasteiger partial charge on any atom is 0.262 e. The minimum atomic E-state index is -0.104. The summed E-state index contributed by atoms with van der Waals surface area (Å²) in [5, 5.41) is 12.1. The van der Waals surface area contributed by atoms with E-state index in [9.17, 15) is 9.59 Å². The number of nitrogens with zero attached hydrogens (tertiary/aromatic N) is 5. The largest absolute Gasteiger partial charge is 0.325 e. The van der Waals surface area contributed by atoms with Crippen LogP contribution in [0.5, 0.6) is 0 Å². The summed E-state index contributed by atoms with van der Waals surface area (Å²) in [5.74, 6) is 1.06. The Hall–Kier alpha value is -3.52. The summed E-state index contributed by atoms with van der Waals surface area (Å²) < 4.78 is 3.39. The minimum Gasteiger partial charge on any atom is -0.325 e. The van der Waals surface area contributed by atoms with E-state index in [0.717, 1.165) is 28.8 Å². The van der Waals surface area contributed by atoms with Gasteiger partial charge in [-0.1, -0.05) is 36.8 Å². The van der Waals surface area contributed by atoms with Crippen LogP contribution in [0, 0.1) is 6.92 Å². The molecule has 2 aromatic heterocycles. The van der Waals surface area contributed by atoms with Crippen LogP contribution in [0.2, 0.25) is 0 Å². The molecule has 4 rings (SSSR count). The lowest BCUT2D eigenvalue weighted by Gasteiger charge is -2.17. The molecule has 4 aromatic rings. The molecule has 0 aliphatic rings. The summed E-state index contributed by atoms with van der Waals surface area (Å²) in [7, 11) is 3.56. The number of amides is 1. The van der Waals surface area contributed by atoms with Crippen molar-refractivity contribution in [3.8, 4) is 0 Å². The van der Waals surface area contributed by atoms with E-state index in [1.165, 1.54) is 4.57 Å². The number of carbonyl (C=O) groups excluding carboxylic acids is 1. The second-order valence-corrected chi connectivity index (χ2v) is 7.87. The number of likely N-dealkylation sites (N-methyl/N-ethyl adjacent to an activating group) is 1. The first-order valence-corrected chi connectivity index (χ1v) is 10.3. The molecule has 0 fully saturated rings. The van der Waals surface area contributed by atoms with Crippen molar-refractivity contribution in [1.82, 2.24) is 24.1 Å². The molecule has 0 radical (unpaired) electrons. The number of aromatic nitrogens is 4. The van der Waals surface area contributed by atoms with Gasteiger partial charge in [-0.2, -0.15) is 0 Å². The van der Waals surface area contributed by atoms with Gasteiger partial charge in [0, 0.05) is 12.7 Å². The van der Waals surface area contributed by atoms with Gasteiger partial charge in [0.25, 0.3) is 5.56 Å². The number of aryl methyl sites for hydroxylation is 3. The number of para-hydroxylation sites is 1. The Morgan fingerprint density at radius 2 is 1.94 bits per heavy atom. The molecule has 0 saturated heterocycles. The van der Waals surface area contributed by atoms with Crippen molar-refractivity contribution in [3.63, 3.8) is 0 Å². The zero-order chi connectivity index (χ0) is 22.1. The number of hydrogen-bond donors (Lipinski definition) is 1. The first-order chi connectivity index (χ1) is 14.9. The molecule has 8 nitrogen and oxygen atoms in total. The van der Waals surface area contributed by atoms with E-state index in [0.29, 0.717) is 23.5 Å². The first-order valence-electron chi connectivity index (χ1n) is 10.3. The lowest BCUT2D eigenvalue weighted by Crippen LogP contribution is -2.31. The van der Waals surface area contributed by atoms with Gasteiger partial charge in [-0.05, 0) is 44.2 Å². The summed E-state index contributed by atoms with van der Waals surface area (Å²) in [5.41, 5.74) is 3.61. The summed E-state index contributed by atoms with van der Waals surface area (Å²) in [6, 6.07) is 13.6. The molecule has 1 amide bonds. The van der Waals surface area contributed by atoms with Gasteiger partial charge in [0.2, 0.25) is 11.7 Å². The predicted molar refractivity (Wildman–Crippen MR) is 121 cm³/mol. The molecule has 2 aromatic carbocycles. The lowest BCUT2D eigenvalue weighted by molar-refractivity contribution is -0.117. The van der Waals surface area contributed by atoms with Gasteiger partial charge >= 0.3 is 0 Å². The summed E-state index contributed by atoms with van der Waals surface area (Å²) in [4.78, 5) is 27.2. The number of fused-ring (bicyclic) bond motifs is 3. The highest BCUT2D eigenvalue weighted by atomic mass is 16.2. The topological polar surface area (TPSA) is 84.5 Å². The summed E-state index contributed by atoms with van der Waals surface area (Å²) >= 11 is 0. The highest BCUT2D eigenvalue weighted by Gasteiger charge is 2.17. The first kappa shape index (κ1) is 20.7. The van der Waals surface area contributed by atoms with Gasteiger partial charge in [0.05, 0.1) is 24.0 Å². The number of anilines is 1. The second-order valence-electron chi connectivity index (χ2n) is 7.87. The van der Waals surface area contributed by atoms with Gasteiger partial charge in [0.1, 0.15) is 0 Å². The molecule has 2 heterocycles. The van der Waals surface area contributed by atoms with Crippen LogP contribution in [0.15, 0.2) is 47.3 Å². The van der Waals surface area contributed by atoms with Crippen LogP contribution < -0.4 is 10.9 Å². The van der Waals surface area contributed by atoms with Gasteiger partial charge in [-0.25, -0.2) is 0 Å². The van der Waals surface area contributed by atoms with E-state index in [1.54, 1.807) is 7.05 Å². The van der Waals surface area contributed by atoms with Crippen molar-refractivity contribution in [1.29, 1.82) is 0 Å². The smallest absolute Gasteiger partial charge is 0.262 e. The van der Waals surface area contributed by atoms with E-state index >= 15 is 0 Å². The molecule has 8 heteroatoms. The fourth-order valence-electron chi connectivity index (χ4n) is 3.84. The van der Waals surface area contributed by atoms with Crippen LogP contribution in [0.4, 0.5) is 5.69 Å². The Bertz CT molecular complexity index is 1340. The molecule has 0 aliphatic carbocycles. The molecule has 0 saturated carbocycles. The molecule has 1 N–H and O–H groups in total. The molecule has 0 atom stereocenters. The van der Waals surface area contributed by atoms with Gasteiger partial charge < -0.3 is 5.32 Å². The monoisotopic (exact) mass is 418 g/mol. The molecule has 0 aliphatic heterocycles. The maximum atomic E-state index is 12.7. The quantitative estimate of drug-likeness (QED) is 0.520. The van der Waals surface area contributed by atoms with Gasteiger partial charge in [-0.15, -0.1) is 10.2 Å². The summed E-state index contributed by atoms with van der Waals surface area (Å²) in [6.45, 7) is 4.63. The molecule has 0 bridgehead atoms. The summed E-state index contributed by atoms with van der Waals surface area (Å²) in [6.07, 6.45) is 0.850. The number of hydrogen-bond acceptors (Lipinski definition) is 5. The number of nitrogens with one attached hydrogen (secondary N) is 1. The minimum absolute atomic E-state index is 0.0925. The van der Waals surface area contributed by atoms with Crippen LogP contribution in [-0.2, 0) is 24.8 Å². The van der Waals surface area contributed by atoms with E-state index in [2.05, 4.69) is 22.4 Å². The zero-order valence-electron chi connectivity index (χ0n) is 18.2. The molecular formula is C23H26N6O2. The van der Waals surface area contributed by atoms with Gasteiger partial charge in [0.15, 0.2) is 5.82 Å². The Morgan fingerprint density at radius 3 is 2.71 bits per heavy atom. The van der Waals surface area contributed by atoms with Crippen LogP contribution in [0.25, 0.3) is 16.7 Å². The molecule has 0 spiro atoms. The average Bonchev–Trinajstić information content (AvgIpc) is 3.15. The van der Waals surface area contributed by atoms with E-state index in [-0.39, 0.29) is 18.0 Å². The third-order valence-electron chi connectivity index (χ3n) is 5.44. The van der Waals surface area contributed by atoms with Crippen molar-refractivity contribution < 1.29 is 4.79 Å². The fraction of sp³-hybridized carbons (Fsp3) is 0.304. The number of benzene rings is 2. The van der Waals surface area contributed by atoms with Crippen LogP contribution in [0.1, 0.15) is 23.9 Å². The van der Waals surface area contributed by atoms with Crippen molar-refractivity contribution >= 4 is 28.3 Å². The van der Waals surface area contributed by atoms with Crippen molar-refractivity contribution in [2.24, 2.45) is 7.05 Å². The van der Waals surface area contributed by atoms with Crippen LogP contribution >= 0.6 is 0 Å². The Kier molecular flexibility index (Phi) is 5.56. The molecule has 31 heavy (non-hydrogen) atoms. The molecule has 0 unspecified atom stereocenters. The van der Waals surface area contributed by atoms with Crippen molar-refractivity contribution in [3.05, 3.63) is 69.8 Å². The van der Waals surface area contributed by atoms with Gasteiger partial charge in [-0.3, -0.25) is 23.5 Å². The van der Waals surface area contributed by atoms with Crippen LogP contribution in [-0.4, -0.2) is 43.6 Å². The number of rotatable bonds is 6. The highest BCUT2D eigenvalue weighted by molar-refractivity contribution is 5.93. The zero-order valence-corrected chi connectivity index (χ0v) is 18.2. The fourth-order valence-corrected chi connectivity index (χ4v) is 3.84. The third kappa shape index (κ3) is 3.94. The van der Waals surface area contributed by atoms with E-state index < -0.39 is 0 Å². The predicted octanol–water partition coefficient (Wildman–Crippen LogP) is 2.52. The molecular weight excluding hydrogens is 392 g/mol. The Morgan fingerprint density at radius 1 is 1.16 bits per heavy atom. The lowest BCUT2D eigenvalue weighted by atomic mass is 10.1. The Labute approximate surface area is 180 Å². The van der Waals surface area contributed by atoms with Crippen molar-refractivity contribution in [2.45, 2.75) is 26.8 Å². The van der Waals surface area contributed by atoms with Crippen LogP contribution in [0.3, 0.4) is 0 Å².